The van der Waals surface area contributed by atoms with Gasteiger partial charge in [-0.05, 0) is 42.9 Å². The second-order valence-electron chi connectivity index (χ2n) is 5.81. The molecule has 1 aromatic carbocycles. The van der Waals surface area contributed by atoms with Gasteiger partial charge in [0.1, 0.15) is 5.75 Å². The average Bonchev–Trinajstić information content (AvgIpc) is 2.89. The fourth-order valence-electron chi connectivity index (χ4n) is 2.69. The average molecular weight is 316 g/mol. The number of rotatable bonds is 4. The topological polar surface area (TPSA) is 51.2 Å². The molecule has 1 aliphatic carbocycles. The van der Waals surface area contributed by atoms with Crippen molar-refractivity contribution >= 4 is 22.4 Å². The van der Waals surface area contributed by atoms with E-state index in [2.05, 4.69) is 17.2 Å². The van der Waals surface area contributed by atoms with Gasteiger partial charge < -0.3 is 10.1 Å². The van der Waals surface area contributed by atoms with Crippen LogP contribution in [0.2, 0.25) is 0 Å². The minimum absolute atomic E-state index is 0.0238. The van der Waals surface area contributed by atoms with Gasteiger partial charge in [-0.15, -0.1) is 11.3 Å². The number of carbonyl (C=O) groups is 1. The highest BCUT2D eigenvalue weighted by Gasteiger charge is 2.20. The molecule has 2 aromatic rings. The number of thiazole rings is 1. The van der Waals surface area contributed by atoms with Crippen molar-refractivity contribution < 1.29 is 9.53 Å². The minimum atomic E-state index is -0.0238. The molecule has 1 amide bonds. The summed E-state index contributed by atoms with van der Waals surface area (Å²) in [6, 6.07) is 7.55. The highest BCUT2D eigenvalue weighted by molar-refractivity contribution is 7.15. The van der Waals surface area contributed by atoms with Crippen molar-refractivity contribution in [3.05, 3.63) is 40.4 Å². The van der Waals surface area contributed by atoms with Crippen LogP contribution in [-0.2, 0) is 24.1 Å². The Morgan fingerprint density at radius 3 is 2.91 bits per heavy atom. The third kappa shape index (κ3) is 3.47. The van der Waals surface area contributed by atoms with E-state index in [-0.39, 0.29) is 5.91 Å². The van der Waals surface area contributed by atoms with Gasteiger partial charge in [0.05, 0.1) is 19.2 Å². The Bertz CT molecular complexity index is 664. The number of carbonyl (C=O) groups excluding carboxylic acids is 1. The first kappa shape index (κ1) is 15.0. The largest absolute Gasteiger partial charge is 0.497 e. The van der Waals surface area contributed by atoms with E-state index in [1.165, 1.54) is 17.0 Å². The van der Waals surface area contributed by atoms with Crippen LogP contribution in [0.4, 0.5) is 5.13 Å². The van der Waals surface area contributed by atoms with E-state index < -0.39 is 0 Å². The molecule has 0 fully saturated rings. The van der Waals surface area contributed by atoms with Crippen molar-refractivity contribution in [3.63, 3.8) is 0 Å². The molecule has 0 spiro atoms. The van der Waals surface area contributed by atoms with Crippen LogP contribution < -0.4 is 10.1 Å². The molecule has 1 N–H and O–H groups in total. The van der Waals surface area contributed by atoms with Gasteiger partial charge in [0.15, 0.2) is 5.13 Å². The van der Waals surface area contributed by atoms with E-state index in [0.29, 0.717) is 6.42 Å². The summed E-state index contributed by atoms with van der Waals surface area (Å²) in [6.07, 6.45) is 3.66. The summed E-state index contributed by atoms with van der Waals surface area (Å²) in [6.45, 7) is 2.27. The Hall–Kier alpha value is -1.88. The molecular formula is C17H20N2O2S. The summed E-state index contributed by atoms with van der Waals surface area (Å²) in [5.41, 5.74) is 2.14. The van der Waals surface area contributed by atoms with Crippen LogP contribution in [-0.4, -0.2) is 18.0 Å². The lowest BCUT2D eigenvalue weighted by molar-refractivity contribution is -0.115. The number of aromatic nitrogens is 1. The van der Waals surface area contributed by atoms with E-state index in [4.69, 9.17) is 4.74 Å². The summed E-state index contributed by atoms with van der Waals surface area (Å²) < 4.78 is 5.12. The molecule has 1 aromatic heterocycles. The van der Waals surface area contributed by atoms with Gasteiger partial charge in [-0.25, -0.2) is 4.98 Å². The first-order chi connectivity index (χ1) is 10.6. The normalized spacial score (nSPS) is 16.9. The Balaban J connectivity index is 1.61. The van der Waals surface area contributed by atoms with Crippen molar-refractivity contribution in [2.24, 2.45) is 5.92 Å². The zero-order valence-electron chi connectivity index (χ0n) is 12.9. The SMILES string of the molecule is COc1ccc(CC(=O)Nc2nc3c(s2)C[C@@H](C)CC3)cc1. The zero-order chi connectivity index (χ0) is 15.5. The Labute approximate surface area is 134 Å². The van der Waals surface area contributed by atoms with E-state index >= 15 is 0 Å². The molecule has 22 heavy (non-hydrogen) atoms. The summed E-state index contributed by atoms with van der Waals surface area (Å²) in [5, 5.41) is 3.66. The second-order valence-corrected chi connectivity index (χ2v) is 6.89. The van der Waals surface area contributed by atoms with Crippen molar-refractivity contribution in [1.82, 2.24) is 4.98 Å². The van der Waals surface area contributed by atoms with E-state index in [9.17, 15) is 4.79 Å². The molecule has 116 valence electrons. The monoisotopic (exact) mass is 316 g/mol. The number of hydrogen-bond acceptors (Lipinski definition) is 4. The first-order valence-electron chi connectivity index (χ1n) is 7.55. The number of nitrogens with zero attached hydrogens (tertiary/aromatic N) is 1. The molecule has 1 aliphatic rings. The van der Waals surface area contributed by atoms with Crippen molar-refractivity contribution in [1.29, 1.82) is 0 Å². The molecule has 5 heteroatoms. The number of nitrogens with one attached hydrogen (secondary N) is 1. The Morgan fingerprint density at radius 2 is 2.18 bits per heavy atom. The highest BCUT2D eigenvalue weighted by atomic mass is 32.1. The third-order valence-corrected chi connectivity index (χ3v) is 4.99. The molecule has 1 heterocycles. The molecule has 1 atom stereocenters. The molecule has 0 saturated carbocycles. The van der Waals surface area contributed by atoms with E-state index in [0.717, 1.165) is 35.2 Å². The van der Waals surface area contributed by atoms with Gasteiger partial charge in [0.25, 0.3) is 0 Å². The maximum Gasteiger partial charge on any atom is 0.230 e. The first-order valence-corrected chi connectivity index (χ1v) is 8.37. The van der Waals surface area contributed by atoms with Gasteiger partial charge in [0, 0.05) is 4.88 Å². The summed E-state index contributed by atoms with van der Waals surface area (Å²) in [4.78, 5) is 18.0. The predicted molar refractivity (Wildman–Crippen MR) is 88.6 cm³/mol. The number of benzene rings is 1. The van der Waals surface area contributed by atoms with Crippen LogP contribution >= 0.6 is 11.3 Å². The van der Waals surface area contributed by atoms with E-state index in [1.807, 2.05) is 24.3 Å². The van der Waals surface area contributed by atoms with Crippen LogP contribution in [0.3, 0.4) is 0 Å². The molecule has 4 nitrogen and oxygen atoms in total. The Morgan fingerprint density at radius 1 is 1.41 bits per heavy atom. The van der Waals surface area contributed by atoms with Gasteiger partial charge in [-0.3, -0.25) is 4.79 Å². The molecule has 3 rings (SSSR count). The summed E-state index contributed by atoms with van der Waals surface area (Å²) in [7, 11) is 1.63. The number of methoxy groups -OCH3 is 1. The maximum absolute atomic E-state index is 12.1. The quantitative estimate of drug-likeness (QED) is 0.940. The smallest absolute Gasteiger partial charge is 0.230 e. The summed E-state index contributed by atoms with van der Waals surface area (Å²) >= 11 is 1.62. The lowest BCUT2D eigenvalue weighted by Gasteiger charge is -2.15. The van der Waals surface area contributed by atoms with Crippen LogP contribution in [0.25, 0.3) is 0 Å². The molecule has 0 radical (unpaired) electrons. The van der Waals surface area contributed by atoms with Crippen LogP contribution in [0.15, 0.2) is 24.3 Å². The number of hydrogen-bond donors (Lipinski definition) is 1. The molecule has 0 bridgehead atoms. The fraction of sp³-hybridized carbons (Fsp3) is 0.412. The Kier molecular flexibility index (Phi) is 4.43. The maximum atomic E-state index is 12.1. The lowest BCUT2D eigenvalue weighted by Crippen LogP contribution is -2.14. The zero-order valence-corrected chi connectivity index (χ0v) is 13.7. The van der Waals surface area contributed by atoms with Crippen LogP contribution in [0.5, 0.6) is 5.75 Å². The van der Waals surface area contributed by atoms with Crippen LogP contribution in [0.1, 0.15) is 29.5 Å². The number of anilines is 1. The number of ether oxygens (including phenoxy) is 1. The lowest BCUT2D eigenvalue weighted by atomic mass is 9.93. The number of fused-ring (bicyclic) bond motifs is 1. The van der Waals surface area contributed by atoms with Crippen LogP contribution in [0, 0.1) is 5.92 Å². The van der Waals surface area contributed by atoms with Crippen molar-refractivity contribution in [2.45, 2.75) is 32.6 Å². The van der Waals surface area contributed by atoms with E-state index in [1.54, 1.807) is 18.4 Å². The standard InChI is InChI=1S/C17H20N2O2S/c1-11-3-8-14-15(9-11)22-17(18-14)19-16(20)10-12-4-6-13(21-2)7-5-12/h4-7,11H,3,8-10H2,1-2H3,(H,18,19,20)/t11-/m0/s1. The molecule has 0 aliphatic heterocycles. The minimum Gasteiger partial charge on any atom is -0.497 e. The highest BCUT2D eigenvalue weighted by Crippen LogP contribution is 2.32. The second kappa shape index (κ2) is 6.48. The number of aryl methyl sites for hydroxylation is 1. The number of amides is 1. The van der Waals surface area contributed by atoms with Gasteiger partial charge in [-0.2, -0.15) is 0 Å². The van der Waals surface area contributed by atoms with Crippen molar-refractivity contribution in [2.75, 3.05) is 12.4 Å². The predicted octanol–water partition coefficient (Wildman–Crippen LogP) is 3.46. The molecule has 0 unspecified atom stereocenters. The molecular weight excluding hydrogens is 296 g/mol. The molecule has 0 saturated heterocycles. The van der Waals surface area contributed by atoms with Crippen molar-refractivity contribution in [3.8, 4) is 5.75 Å². The fourth-order valence-corrected chi connectivity index (χ4v) is 3.87. The van der Waals surface area contributed by atoms with Gasteiger partial charge in [0.2, 0.25) is 5.91 Å². The summed E-state index contributed by atoms with van der Waals surface area (Å²) in [5.74, 6) is 1.49. The third-order valence-electron chi connectivity index (χ3n) is 3.96. The van der Waals surface area contributed by atoms with Gasteiger partial charge >= 0.3 is 0 Å². The van der Waals surface area contributed by atoms with Gasteiger partial charge in [-0.1, -0.05) is 19.1 Å².